The second-order valence-corrected chi connectivity index (χ2v) is 6.53. The van der Waals surface area contributed by atoms with Gasteiger partial charge in [0.05, 0.1) is 29.1 Å². The van der Waals surface area contributed by atoms with Crippen molar-refractivity contribution in [2.24, 2.45) is 0 Å². The molecule has 0 spiro atoms. The molecule has 1 N–H and O–H groups in total. The highest BCUT2D eigenvalue weighted by Crippen LogP contribution is 2.37. The molecule has 2 aromatic carbocycles. The van der Waals surface area contributed by atoms with Crippen LogP contribution in [0.3, 0.4) is 0 Å². The molecule has 0 aromatic heterocycles. The number of nitrogens with one attached hydrogen (secondary N) is 1. The molecule has 0 atom stereocenters. The molecule has 0 saturated heterocycles. The van der Waals surface area contributed by atoms with Crippen molar-refractivity contribution < 1.29 is 19.1 Å². The zero-order chi connectivity index (χ0) is 19.8. The number of halogens is 1. The van der Waals surface area contributed by atoms with E-state index in [0.29, 0.717) is 28.0 Å². The average molecular weight is 431 g/mol. The molecule has 0 heterocycles. The molecule has 0 bridgehead atoms. The van der Waals surface area contributed by atoms with E-state index < -0.39 is 5.97 Å². The first kappa shape index (κ1) is 20.5. The van der Waals surface area contributed by atoms with Gasteiger partial charge in [0.15, 0.2) is 11.5 Å². The van der Waals surface area contributed by atoms with Crippen LogP contribution in [-0.4, -0.2) is 25.0 Å². The molecule has 7 heteroatoms. The zero-order valence-electron chi connectivity index (χ0n) is 15.0. The first-order chi connectivity index (χ1) is 12.9. The van der Waals surface area contributed by atoms with Crippen LogP contribution in [0.2, 0.25) is 0 Å². The first-order valence-electron chi connectivity index (χ1n) is 8.36. The van der Waals surface area contributed by atoms with Gasteiger partial charge in [0.1, 0.15) is 0 Å². The Labute approximate surface area is 166 Å². The molecule has 6 nitrogen and oxygen atoms in total. The molecule has 0 aliphatic rings. The van der Waals surface area contributed by atoms with Gasteiger partial charge in [-0.05, 0) is 48.0 Å². The fourth-order valence-corrected chi connectivity index (χ4v) is 2.85. The summed E-state index contributed by atoms with van der Waals surface area (Å²) in [6.45, 7) is 4.20. The molecular weight excluding hydrogens is 412 g/mol. The highest BCUT2D eigenvalue weighted by atomic mass is 79.9. The Hall–Kier alpha value is -2.85. The van der Waals surface area contributed by atoms with Crippen LogP contribution in [0.4, 0.5) is 0 Å². The summed E-state index contributed by atoms with van der Waals surface area (Å²) in [5.74, 6) is -0.251. The quantitative estimate of drug-likeness (QED) is 0.533. The van der Waals surface area contributed by atoms with Gasteiger partial charge in [-0.1, -0.05) is 17.7 Å². The molecule has 1 amide bonds. The van der Waals surface area contributed by atoms with Gasteiger partial charge in [-0.2, -0.15) is 5.26 Å². The molecule has 0 fully saturated rings. The van der Waals surface area contributed by atoms with Gasteiger partial charge in [-0.3, -0.25) is 9.59 Å². The molecule has 2 aromatic rings. The summed E-state index contributed by atoms with van der Waals surface area (Å²) in [6, 6.07) is 12.3. The van der Waals surface area contributed by atoms with Crippen LogP contribution in [0, 0.1) is 18.3 Å². The average Bonchev–Trinajstić information content (AvgIpc) is 2.64. The Balaban J connectivity index is 1.96. The summed E-state index contributed by atoms with van der Waals surface area (Å²) >= 11 is 3.29. The van der Waals surface area contributed by atoms with Gasteiger partial charge in [-0.25, -0.2) is 0 Å². The Morgan fingerprint density at radius 3 is 2.70 bits per heavy atom. The van der Waals surface area contributed by atoms with Gasteiger partial charge in [0.25, 0.3) is 5.91 Å². The molecule has 0 radical (unpaired) electrons. The van der Waals surface area contributed by atoms with E-state index in [1.807, 2.05) is 19.1 Å². The van der Waals surface area contributed by atoms with E-state index in [2.05, 4.69) is 21.2 Å². The topological polar surface area (TPSA) is 88.4 Å². The molecule has 27 heavy (non-hydrogen) atoms. The third-order valence-electron chi connectivity index (χ3n) is 3.55. The number of nitriles is 1. The van der Waals surface area contributed by atoms with Gasteiger partial charge in [0, 0.05) is 18.2 Å². The molecule has 140 valence electrons. The predicted molar refractivity (Wildman–Crippen MR) is 104 cm³/mol. The highest BCUT2D eigenvalue weighted by Gasteiger charge is 2.16. The number of amides is 1. The Morgan fingerprint density at radius 1 is 1.26 bits per heavy atom. The van der Waals surface area contributed by atoms with E-state index in [4.69, 9.17) is 14.7 Å². The van der Waals surface area contributed by atoms with Crippen molar-refractivity contribution in [3.05, 3.63) is 57.6 Å². The number of benzene rings is 2. The molecule has 0 aliphatic heterocycles. The molecular formula is C20H19BrN2O4. The number of esters is 1. The fraction of sp³-hybridized carbons (Fsp3) is 0.250. The second-order valence-electron chi connectivity index (χ2n) is 5.68. The Morgan fingerprint density at radius 2 is 2.04 bits per heavy atom. The minimum atomic E-state index is -0.522. The van der Waals surface area contributed by atoms with E-state index in [9.17, 15) is 9.59 Å². The van der Waals surface area contributed by atoms with Crippen LogP contribution < -0.4 is 14.8 Å². The standard InChI is InChI=1S/C20H19BrN2O4/c1-3-26-17-11-14(12-22)10-16(21)19(17)27-18(24)7-8-23-20(25)15-6-4-5-13(2)9-15/h4-6,9-11H,3,7-8H2,1-2H3,(H,23,25). The number of carbonyl (C=O) groups is 2. The summed E-state index contributed by atoms with van der Waals surface area (Å²) < 4.78 is 11.3. The third-order valence-corrected chi connectivity index (χ3v) is 4.14. The largest absolute Gasteiger partial charge is 0.490 e. The van der Waals surface area contributed by atoms with Crippen molar-refractivity contribution in [2.45, 2.75) is 20.3 Å². The normalized spacial score (nSPS) is 10.0. The molecule has 0 saturated carbocycles. The van der Waals surface area contributed by atoms with Gasteiger partial charge >= 0.3 is 5.97 Å². The van der Waals surface area contributed by atoms with Gasteiger partial charge in [0.2, 0.25) is 0 Å². The lowest BCUT2D eigenvalue weighted by atomic mass is 10.1. The maximum Gasteiger partial charge on any atom is 0.313 e. The monoisotopic (exact) mass is 430 g/mol. The maximum atomic E-state index is 12.1. The number of carbonyl (C=O) groups excluding carboxylic acids is 2. The minimum Gasteiger partial charge on any atom is -0.490 e. The summed E-state index contributed by atoms with van der Waals surface area (Å²) in [4.78, 5) is 24.2. The lowest BCUT2D eigenvalue weighted by Crippen LogP contribution is -2.27. The van der Waals surface area contributed by atoms with Crippen LogP contribution in [0.5, 0.6) is 11.5 Å². The maximum absolute atomic E-state index is 12.1. The number of aryl methyl sites for hydroxylation is 1. The number of ether oxygens (including phenoxy) is 2. The molecule has 2 rings (SSSR count). The predicted octanol–water partition coefficient (Wildman–Crippen LogP) is 3.75. The van der Waals surface area contributed by atoms with E-state index >= 15 is 0 Å². The lowest BCUT2D eigenvalue weighted by Gasteiger charge is -2.13. The van der Waals surface area contributed by atoms with E-state index in [1.165, 1.54) is 6.07 Å². The zero-order valence-corrected chi connectivity index (χ0v) is 16.6. The first-order valence-corrected chi connectivity index (χ1v) is 9.16. The summed E-state index contributed by atoms with van der Waals surface area (Å²) in [7, 11) is 0. The molecule has 0 unspecified atom stereocenters. The Kier molecular flexibility index (Phi) is 7.38. The highest BCUT2D eigenvalue weighted by molar-refractivity contribution is 9.10. The fourth-order valence-electron chi connectivity index (χ4n) is 2.33. The summed E-state index contributed by atoms with van der Waals surface area (Å²) in [6.07, 6.45) is -0.00440. The summed E-state index contributed by atoms with van der Waals surface area (Å²) in [5.41, 5.74) is 1.91. The van der Waals surface area contributed by atoms with Crippen molar-refractivity contribution in [1.82, 2.24) is 5.32 Å². The Bertz CT molecular complexity index is 890. The van der Waals surface area contributed by atoms with Crippen molar-refractivity contribution in [1.29, 1.82) is 5.26 Å². The smallest absolute Gasteiger partial charge is 0.313 e. The SMILES string of the molecule is CCOc1cc(C#N)cc(Br)c1OC(=O)CCNC(=O)c1cccc(C)c1. The number of rotatable bonds is 7. The summed E-state index contributed by atoms with van der Waals surface area (Å²) in [5, 5.41) is 11.7. The lowest BCUT2D eigenvalue weighted by molar-refractivity contribution is -0.134. The van der Waals surface area contributed by atoms with E-state index in [1.54, 1.807) is 31.2 Å². The number of hydrogen-bond donors (Lipinski definition) is 1. The van der Waals surface area contributed by atoms with Crippen LogP contribution in [0.1, 0.15) is 34.8 Å². The minimum absolute atomic E-state index is 0.00440. The molecule has 0 aliphatic carbocycles. The van der Waals surface area contributed by atoms with Crippen molar-refractivity contribution in [3.63, 3.8) is 0 Å². The van der Waals surface area contributed by atoms with Crippen LogP contribution in [0.15, 0.2) is 40.9 Å². The van der Waals surface area contributed by atoms with Crippen molar-refractivity contribution in [3.8, 4) is 17.6 Å². The van der Waals surface area contributed by atoms with E-state index in [0.717, 1.165) is 5.56 Å². The third kappa shape index (κ3) is 5.83. The number of nitrogens with zero attached hydrogens (tertiary/aromatic N) is 1. The van der Waals surface area contributed by atoms with Crippen molar-refractivity contribution in [2.75, 3.05) is 13.2 Å². The second kappa shape index (κ2) is 9.74. The van der Waals surface area contributed by atoms with Crippen LogP contribution in [0.25, 0.3) is 0 Å². The number of hydrogen-bond acceptors (Lipinski definition) is 5. The van der Waals surface area contributed by atoms with Crippen molar-refractivity contribution >= 4 is 27.8 Å². The van der Waals surface area contributed by atoms with E-state index in [-0.39, 0.29) is 24.6 Å². The van der Waals surface area contributed by atoms with Gasteiger partial charge in [-0.15, -0.1) is 0 Å². The van der Waals surface area contributed by atoms with Crippen LogP contribution in [-0.2, 0) is 4.79 Å². The van der Waals surface area contributed by atoms with Gasteiger partial charge < -0.3 is 14.8 Å². The van der Waals surface area contributed by atoms with Crippen LogP contribution >= 0.6 is 15.9 Å².